The molecule has 1 aliphatic heterocycles. The first kappa shape index (κ1) is 12.4. The maximum Gasteiger partial charge on any atom is 0.0197 e. The van der Waals surface area contributed by atoms with E-state index in [-0.39, 0.29) is 0 Å². The highest BCUT2D eigenvalue weighted by molar-refractivity contribution is 4.87. The Labute approximate surface area is 101 Å². The smallest absolute Gasteiger partial charge is 0.0197 e. The Morgan fingerprint density at radius 2 is 1.88 bits per heavy atom. The predicted molar refractivity (Wildman–Crippen MR) is 69.7 cm³/mol. The number of piperidine rings is 1. The van der Waals surface area contributed by atoms with Crippen molar-refractivity contribution in [1.82, 2.24) is 10.2 Å². The average molecular weight is 224 g/mol. The standard InChI is InChI=1S/C14H28N2/c1-14(2)8-4-6-12(10-14)15-13-7-5-9-16(3)11-13/h12-13,15H,4-11H2,1-3H3. The number of nitrogens with zero attached hydrogens (tertiary/aromatic N) is 1. The molecule has 0 aromatic carbocycles. The van der Waals surface area contributed by atoms with Gasteiger partial charge in [0.2, 0.25) is 0 Å². The minimum atomic E-state index is 0.566. The molecule has 2 atom stereocenters. The summed E-state index contributed by atoms with van der Waals surface area (Å²) in [6.45, 7) is 7.38. The summed E-state index contributed by atoms with van der Waals surface area (Å²) in [5.74, 6) is 0. The van der Waals surface area contributed by atoms with Gasteiger partial charge in [0.1, 0.15) is 0 Å². The monoisotopic (exact) mass is 224 g/mol. The third-order valence-electron chi connectivity index (χ3n) is 4.30. The van der Waals surface area contributed by atoms with Crippen molar-refractivity contribution in [2.45, 2.75) is 64.5 Å². The SMILES string of the molecule is CN1CCCC(NC2CCCC(C)(C)C2)C1. The van der Waals surface area contributed by atoms with E-state index in [1.165, 1.54) is 51.6 Å². The number of nitrogens with one attached hydrogen (secondary N) is 1. The molecule has 0 amide bonds. The summed E-state index contributed by atoms with van der Waals surface area (Å²) in [4.78, 5) is 2.47. The Morgan fingerprint density at radius 1 is 1.12 bits per heavy atom. The van der Waals surface area contributed by atoms with Crippen molar-refractivity contribution in [3.8, 4) is 0 Å². The van der Waals surface area contributed by atoms with Gasteiger partial charge < -0.3 is 10.2 Å². The van der Waals surface area contributed by atoms with Crippen LogP contribution in [0.15, 0.2) is 0 Å². The molecule has 2 rings (SSSR count). The van der Waals surface area contributed by atoms with Crippen LogP contribution in [-0.2, 0) is 0 Å². The first-order valence-corrected chi connectivity index (χ1v) is 7.00. The van der Waals surface area contributed by atoms with Gasteiger partial charge in [0, 0.05) is 18.6 Å². The fourth-order valence-electron chi connectivity index (χ4n) is 3.48. The van der Waals surface area contributed by atoms with Crippen molar-refractivity contribution >= 4 is 0 Å². The third-order valence-corrected chi connectivity index (χ3v) is 4.30. The summed E-state index contributed by atoms with van der Waals surface area (Å²) in [7, 11) is 2.25. The van der Waals surface area contributed by atoms with Crippen LogP contribution in [-0.4, -0.2) is 37.1 Å². The number of hydrogen-bond donors (Lipinski definition) is 1. The lowest BCUT2D eigenvalue weighted by molar-refractivity contribution is 0.160. The molecule has 0 spiro atoms. The molecule has 0 radical (unpaired) electrons. The Kier molecular flexibility index (Phi) is 3.91. The summed E-state index contributed by atoms with van der Waals surface area (Å²) in [6, 6.07) is 1.53. The first-order chi connectivity index (χ1) is 7.55. The first-order valence-electron chi connectivity index (χ1n) is 7.00. The van der Waals surface area contributed by atoms with Gasteiger partial charge in [-0.2, -0.15) is 0 Å². The van der Waals surface area contributed by atoms with Crippen molar-refractivity contribution in [1.29, 1.82) is 0 Å². The van der Waals surface area contributed by atoms with E-state index in [9.17, 15) is 0 Å². The van der Waals surface area contributed by atoms with Gasteiger partial charge in [-0.25, -0.2) is 0 Å². The van der Waals surface area contributed by atoms with Crippen molar-refractivity contribution in [2.24, 2.45) is 5.41 Å². The second-order valence-corrected chi connectivity index (χ2v) is 6.73. The van der Waals surface area contributed by atoms with Gasteiger partial charge in [0.25, 0.3) is 0 Å². The Hall–Kier alpha value is -0.0800. The predicted octanol–water partition coefficient (Wildman–Crippen LogP) is 2.64. The molecule has 16 heavy (non-hydrogen) atoms. The number of rotatable bonds is 2. The summed E-state index contributed by atoms with van der Waals surface area (Å²) in [5.41, 5.74) is 0.566. The summed E-state index contributed by atoms with van der Waals surface area (Å²) < 4.78 is 0. The molecule has 2 unspecified atom stereocenters. The molecular formula is C14H28N2. The molecule has 2 heteroatoms. The normalized spacial score (nSPS) is 36.2. The highest BCUT2D eigenvalue weighted by atomic mass is 15.1. The van der Waals surface area contributed by atoms with E-state index in [0.29, 0.717) is 5.41 Å². The molecule has 0 aromatic rings. The van der Waals surface area contributed by atoms with Gasteiger partial charge in [0.05, 0.1) is 0 Å². The zero-order valence-electron chi connectivity index (χ0n) is 11.3. The molecule has 1 N–H and O–H groups in total. The summed E-state index contributed by atoms with van der Waals surface area (Å²) in [5, 5.41) is 3.90. The minimum Gasteiger partial charge on any atom is -0.310 e. The van der Waals surface area contributed by atoms with E-state index < -0.39 is 0 Å². The van der Waals surface area contributed by atoms with E-state index in [0.717, 1.165) is 12.1 Å². The molecule has 2 aliphatic rings. The molecule has 1 heterocycles. The molecule has 1 saturated carbocycles. The number of hydrogen-bond acceptors (Lipinski definition) is 2. The fraction of sp³-hybridized carbons (Fsp3) is 1.00. The van der Waals surface area contributed by atoms with Crippen molar-refractivity contribution in [2.75, 3.05) is 20.1 Å². The van der Waals surface area contributed by atoms with E-state index >= 15 is 0 Å². The van der Waals surface area contributed by atoms with Crippen LogP contribution in [0, 0.1) is 5.41 Å². The molecule has 1 aliphatic carbocycles. The summed E-state index contributed by atoms with van der Waals surface area (Å²) in [6.07, 6.45) is 8.32. The van der Waals surface area contributed by atoms with Gasteiger partial charge in [-0.1, -0.05) is 20.3 Å². The topological polar surface area (TPSA) is 15.3 Å². The van der Waals surface area contributed by atoms with E-state index in [4.69, 9.17) is 0 Å². The third kappa shape index (κ3) is 3.46. The van der Waals surface area contributed by atoms with E-state index in [2.05, 4.69) is 31.1 Å². The maximum atomic E-state index is 3.90. The zero-order valence-corrected chi connectivity index (χ0v) is 11.3. The second kappa shape index (κ2) is 5.05. The molecule has 2 nitrogen and oxygen atoms in total. The highest BCUT2D eigenvalue weighted by Gasteiger charge is 2.29. The van der Waals surface area contributed by atoms with Crippen LogP contribution >= 0.6 is 0 Å². The number of likely N-dealkylation sites (tertiary alicyclic amines) is 1. The largest absolute Gasteiger partial charge is 0.310 e. The van der Waals surface area contributed by atoms with Gasteiger partial charge in [0.15, 0.2) is 0 Å². The number of likely N-dealkylation sites (N-methyl/N-ethyl adjacent to an activating group) is 1. The quantitative estimate of drug-likeness (QED) is 0.776. The highest BCUT2D eigenvalue weighted by Crippen LogP contribution is 2.35. The van der Waals surface area contributed by atoms with Gasteiger partial charge >= 0.3 is 0 Å². The second-order valence-electron chi connectivity index (χ2n) is 6.73. The van der Waals surface area contributed by atoms with Crippen LogP contribution in [0.2, 0.25) is 0 Å². The molecule has 1 saturated heterocycles. The zero-order chi connectivity index (χ0) is 11.6. The molecule has 94 valence electrons. The van der Waals surface area contributed by atoms with Gasteiger partial charge in [-0.15, -0.1) is 0 Å². The van der Waals surface area contributed by atoms with Gasteiger partial charge in [-0.05, 0) is 51.1 Å². The minimum absolute atomic E-state index is 0.566. The maximum absolute atomic E-state index is 3.90. The lowest BCUT2D eigenvalue weighted by Crippen LogP contribution is -2.49. The molecule has 0 bridgehead atoms. The lowest BCUT2D eigenvalue weighted by Gasteiger charge is -2.39. The lowest BCUT2D eigenvalue weighted by atomic mass is 9.75. The summed E-state index contributed by atoms with van der Waals surface area (Å²) >= 11 is 0. The Balaban J connectivity index is 1.80. The van der Waals surface area contributed by atoms with E-state index in [1.807, 2.05) is 0 Å². The van der Waals surface area contributed by atoms with E-state index in [1.54, 1.807) is 0 Å². The van der Waals surface area contributed by atoms with Gasteiger partial charge in [-0.3, -0.25) is 0 Å². The van der Waals surface area contributed by atoms with Crippen molar-refractivity contribution in [3.63, 3.8) is 0 Å². The molecule has 2 fully saturated rings. The van der Waals surface area contributed by atoms with Crippen LogP contribution in [0.4, 0.5) is 0 Å². The van der Waals surface area contributed by atoms with Crippen LogP contribution in [0.1, 0.15) is 52.4 Å². The Morgan fingerprint density at radius 3 is 2.56 bits per heavy atom. The van der Waals surface area contributed by atoms with Crippen molar-refractivity contribution in [3.05, 3.63) is 0 Å². The molecular weight excluding hydrogens is 196 g/mol. The van der Waals surface area contributed by atoms with Crippen LogP contribution in [0.25, 0.3) is 0 Å². The van der Waals surface area contributed by atoms with Crippen molar-refractivity contribution < 1.29 is 0 Å². The fourth-order valence-corrected chi connectivity index (χ4v) is 3.48. The molecule has 0 aromatic heterocycles. The average Bonchev–Trinajstić information content (AvgIpc) is 2.15. The Bertz CT molecular complexity index is 225. The van der Waals surface area contributed by atoms with Crippen LogP contribution < -0.4 is 5.32 Å². The van der Waals surface area contributed by atoms with Crippen LogP contribution in [0.3, 0.4) is 0 Å². The van der Waals surface area contributed by atoms with Crippen LogP contribution in [0.5, 0.6) is 0 Å².